The lowest BCUT2D eigenvalue weighted by Gasteiger charge is -2.07. The number of benzene rings is 1. The van der Waals surface area contributed by atoms with Crippen LogP contribution in [0.2, 0.25) is 0 Å². The molecule has 0 N–H and O–H groups in total. The first kappa shape index (κ1) is 12.3. The van der Waals surface area contributed by atoms with Gasteiger partial charge in [0.15, 0.2) is 0 Å². The van der Waals surface area contributed by atoms with Crippen LogP contribution in [0.15, 0.2) is 55.1 Å². The molecule has 0 bridgehead atoms. The molecule has 1 fully saturated rings. The highest BCUT2D eigenvalue weighted by molar-refractivity contribution is 5.68. The Kier molecular flexibility index (Phi) is 2.81. The molecular formula is C17H14FN3. The van der Waals surface area contributed by atoms with E-state index in [4.69, 9.17) is 0 Å². The number of hydrogen-bond donors (Lipinski definition) is 0. The summed E-state index contributed by atoms with van der Waals surface area (Å²) in [6.45, 7) is 0. The maximum Gasteiger partial charge on any atom is 0.127 e. The minimum absolute atomic E-state index is 0.105. The minimum atomic E-state index is -0.105. The molecule has 0 radical (unpaired) electrons. The Morgan fingerprint density at radius 2 is 1.90 bits per heavy atom. The molecule has 3 nitrogen and oxygen atoms in total. The van der Waals surface area contributed by atoms with Gasteiger partial charge in [-0.1, -0.05) is 12.1 Å². The highest BCUT2D eigenvalue weighted by Crippen LogP contribution is 2.45. The summed E-state index contributed by atoms with van der Waals surface area (Å²) < 4.78 is 15.9. The van der Waals surface area contributed by atoms with Gasteiger partial charge < -0.3 is 0 Å². The van der Waals surface area contributed by atoms with Crippen molar-refractivity contribution in [2.24, 2.45) is 0 Å². The lowest BCUT2D eigenvalue weighted by molar-refractivity contribution is 0.611. The summed E-state index contributed by atoms with van der Waals surface area (Å²) in [4.78, 5) is 4.00. The molecule has 0 atom stereocenters. The molecule has 1 aliphatic carbocycles. The van der Waals surface area contributed by atoms with Crippen LogP contribution < -0.4 is 0 Å². The zero-order valence-electron chi connectivity index (χ0n) is 11.4. The van der Waals surface area contributed by atoms with Crippen LogP contribution in [-0.2, 0) is 0 Å². The summed E-state index contributed by atoms with van der Waals surface area (Å²) in [6.07, 6.45) is 9.35. The van der Waals surface area contributed by atoms with E-state index < -0.39 is 0 Å². The Morgan fingerprint density at radius 1 is 1.10 bits per heavy atom. The molecule has 104 valence electrons. The molecule has 4 heteroatoms. The monoisotopic (exact) mass is 279 g/mol. The Morgan fingerprint density at radius 3 is 2.67 bits per heavy atom. The van der Waals surface area contributed by atoms with Gasteiger partial charge in [0.05, 0.1) is 11.9 Å². The van der Waals surface area contributed by atoms with Crippen LogP contribution in [0, 0.1) is 5.82 Å². The second kappa shape index (κ2) is 4.81. The molecule has 1 aliphatic rings. The molecule has 0 saturated heterocycles. The Bertz CT molecular complexity index is 776. The van der Waals surface area contributed by atoms with Crippen LogP contribution in [-0.4, -0.2) is 14.8 Å². The zero-order valence-corrected chi connectivity index (χ0v) is 11.4. The summed E-state index contributed by atoms with van der Waals surface area (Å²) in [5.74, 6) is 0.261. The average Bonchev–Trinajstić information content (AvgIpc) is 3.24. The van der Waals surface area contributed by atoms with Gasteiger partial charge in [0.1, 0.15) is 5.82 Å². The van der Waals surface area contributed by atoms with Gasteiger partial charge in [-0.2, -0.15) is 5.10 Å². The minimum Gasteiger partial charge on any atom is -0.265 e. The third-order valence-electron chi connectivity index (χ3n) is 3.86. The molecule has 1 aromatic carbocycles. The van der Waals surface area contributed by atoms with Crippen LogP contribution in [0.25, 0.3) is 16.8 Å². The molecule has 2 aromatic heterocycles. The van der Waals surface area contributed by atoms with E-state index in [1.807, 2.05) is 24.4 Å². The Labute approximate surface area is 122 Å². The Hall–Kier alpha value is -2.49. The van der Waals surface area contributed by atoms with Gasteiger partial charge in [-0.3, -0.25) is 4.98 Å². The smallest absolute Gasteiger partial charge is 0.127 e. The van der Waals surface area contributed by atoms with E-state index in [1.54, 1.807) is 35.4 Å². The SMILES string of the molecule is Fc1cccc(-c2cnn(-c3ccncc3)c2)c1C1CC1. The van der Waals surface area contributed by atoms with E-state index in [1.165, 1.54) is 0 Å². The highest BCUT2D eigenvalue weighted by Gasteiger charge is 2.29. The van der Waals surface area contributed by atoms with Crippen LogP contribution in [0.3, 0.4) is 0 Å². The van der Waals surface area contributed by atoms with Crippen LogP contribution >= 0.6 is 0 Å². The molecule has 0 amide bonds. The fraction of sp³-hybridized carbons (Fsp3) is 0.176. The largest absolute Gasteiger partial charge is 0.265 e. The van der Waals surface area contributed by atoms with E-state index in [0.717, 1.165) is 35.2 Å². The van der Waals surface area contributed by atoms with Gasteiger partial charge >= 0.3 is 0 Å². The number of aromatic nitrogens is 3. The predicted octanol–water partition coefficient (Wildman–Crippen LogP) is 3.95. The van der Waals surface area contributed by atoms with Crippen molar-refractivity contribution in [2.75, 3.05) is 0 Å². The zero-order chi connectivity index (χ0) is 14.2. The maximum atomic E-state index is 14.1. The van der Waals surface area contributed by atoms with Crippen LogP contribution in [0.5, 0.6) is 0 Å². The molecule has 3 aromatic rings. The summed E-state index contributed by atoms with van der Waals surface area (Å²) >= 11 is 0. The van der Waals surface area contributed by atoms with Crippen molar-refractivity contribution in [3.8, 4) is 16.8 Å². The van der Waals surface area contributed by atoms with E-state index in [2.05, 4.69) is 10.1 Å². The standard InChI is InChI=1S/C17H14FN3/c18-16-3-1-2-15(17(16)12-4-5-12)13-10-20-21(11-13)14-6-8-19-9-7-14/h1-3,6-12H,4-5H2. The van der Waals surface area contributed by atoms with Gasteiger partial charge in [-0.25, -0.2) is 9.07 Å². The first-order valence-electron chi connectivity index (χ1n) is 7.07. The van der Waals surface area contributed by atoms with Crippen molar-refractivity contribution in [3.05, 3.63) is 66.5 Å². The van der Waals surface area contributed by atoms with Crippen molar-refractivity contribution in [2.45, 2.75) is 18.8 Å². The lowest BCUT2D eigenvalue weighted by Crippen LogP contribution is -1.94. The van der Waals surface area contributed by atoms with E-state index in [9.17, 15) is 4.39 Å². The number of pyridine rings is 1. The normalized spacial score (nSPS) is 14.3. The quantitative estimate of drug-likeness (QED) is 0.726. The molecule has 4 rings (SSSR count). The molecular weight excluding hydrogens is 265 g/mol. The molecule has 0 aliphatic heterocycles. The van der Waals surface area contributed by atoms with Crippen LogP contribution in [0.1, 0.15) is 24.3 Å². The van der Waals surface area contributed by atoms with E-state index in [-0.39, 0.29) is 5.82 Å². The van der Waals surface area contributed by atoms with Gasteiger partial charge in [0.2, 0.25) is 0 Å². The number of nitrogens with zero attached hydrogens (tertiary/aromatic N) is 3. The summed E-state index contributed by atoms with van der Waals surface area (Å²) in [6, 6.07) is 9.07. The first-order chi connectivity index (χ1) is 10.3. The third-order valence-corrected chi connectivity index (χ3v) is 3.86. The van der Waals surface area contributed by atoms with E-state index in [0.29, 0.717) is 5.92 Å². The topological polar surface area (TPSA) is 30.7 Å². The van der Waals surface area contributed by atoms with Crippen molar-refractivity contribution in [1.29, 1.82) is 0 Å². The van der Waals surface area contributed by atoms with Gasteiger partial charge in [0.25, 0.3) is 0 Å². The average molecular weight is 279 g/mol. The molecule has 2 heterocycles. The van der Waals surface area contributed by atoms with Crippen molar-refractivity contribution >= 4 is 0 Å². The fourth-order valence-corrected chi connectivity index (χ4v) is 2.68. The molecule has 1 saturated carbocycles. The molecule has 0 unspecified atom stereocenters. The predicted molar refractivity (Wildman–Crippen MR) is 78.7 cm³/mol. The van der Waals surface area contributed by atoms with Crippen LogP contribution in [0.4, 0.5) is 4.39 Å². The van der Waals surface area contributed by atoms with Crippen molar-refractivity contribution < 1.29 is 4.39 Å². The van der Waals surface area contributed by atoms with Crippen molar-refractivity contribution in [1.82, 2.24) is 14.8 Å². The first-order valence-corrected chi connectivity index (χ1v) is 7.07. The highest BCUT2D eigenvalue weighted by atomic mass is 19.1. The summed E-state index contributed by atoms with van der Waals surface area (Å²) in [5.41, 5.74) is 3.69. The second-order valence-corrected chi connectivity index (χ2v) is 5.35. The number of halogens is 1. The molecule has 0 spiro atoms. The Balaban J connectivity index is 1.78. The summed E-state index contributed by atoms with van der Waals surface area (Å²) in [5, 5.41) is 4.38. The lowest BCUT2D eigenvalue weighted by atomic mass is 9.98. The third kappa shape index (κ3) is 2.23. The molecule has 21 heavy (non-hydrogen) atoms. The summed E-state index contributed by atoms with van der Waals surface area (Å²) in [7, 11) is 0. The number of rotatable bonds is 3. The van der Waals surface area contributed by atoms with Gasteiger partial charge in [-0.05, 0) is 48.1 Å². The number of hydrogen-bond acceptors (Lipinski definition) is 2. The van der Waals surface area contributed by atoms with Gasteiger partial charge in [-0.15, -0.1) is 0 Å². The van der Waals surface area contributed by atoms with Gasteiger partial charge in [0, 0.05) is 24.2 Å². The second-order valence-electron chi connectivity index (χ2n) is 5.35. The van der Waals surface area contributed by atoms with Crippen molar-refractivity contribution in [3.63, 3.8) is 0 Å². The van der Waals surface area contributed by atoms with E-state index >= 15 is 0 Å². The fourth-order valence-electron chi connectivity index (χ4n) is 2.68. The maximum absolute atomic E-state index is 14.1.